The van der Waals surface area contributed by atoms with Crippen molar-refractivity contribution in [3.63, 3.8) is 0 Å². The van der Waals surface area contributed by atoms with E-state index in [0.29, 0.717) is 12.1 Å². The zero-order chi connectivity index (χ0) is 14.9. The Hall–Kier alpha value is -2.31. The standard InChI is InChI=1S/C13H8F5NO/c14-8-2-4-11(9(15)6-8)20-12-5-7(13(16,17)18)1-3-10(12)19/h1-6H,19H2. The zero-order valence-corrected chi connectivity index (χ0v) is 9.84. The molecular formula is C13H8F5NO. The Balaban J connectivity index is 2.38. The predicted molar refractivity (Wildman–Crippen MR) is 62.3 cm³/mol. The first-order valence-corrected chi connectivity index (χ1v) is 5.37. The molecule has 0 aliphatic heterocycles. The lowest BCUT2D eigenvalue weighted by Gasteiger charge is -2.12. The van der Waals surface area contributed by atoms with Crippen molar-refractivity contribution in [2.45, 2.75) is 6.18 Å². The molecule has 0 unspecified atom stereocenters. The molecule has 0 bridgehead atoms. The molecule has 0 aliphatic rings. The number of anilines is 1. The van der Waals surface area contributed by atoms with E-state index in [2.05, 4.69) is 0 Å². The van der Waals surface area contributed by atoms with Crippen LogP contribution in [-0.4, -0.2) is 0 Å². The Labute approximate surface area is 110 Å². The van der Waals surface area contributed by atoms with Crippen LogP contribution < -0.4 is 10.5 Å². The van der Waals surface area contributed by atoms with Gasteiger partial charge in [0.25, 0.3) is 0 Å². The first-order valence-electron chi connectivity index (χ1n) is 5.37. The van der Waals surface area contributed by atoms with E-state index in [1.807, 2.05) is 0 Å². The van der Waals surface area contributed by atoms with Gasteiger partial charge in [-0.2, -0.15) is 13.2 Å². The van der Waals surface area contributed by atoms with Crippen molar-refractivity contribution in [2.75, 3.05) is 5.73 Å². The molecule has 0 heterocycles. The summed E-state index contributed by atoms with van der Waals surface area (Å²) in [4.78, 5) is 0. The molecule has 20 heavy (non-hydrogen) atoms. The molecule has 2 N–H and O–H groups in total. The fourth-order valence-corrected chi connectivity index (χ4v) is 1.48. The summed E-state index contributed by atoms with van der Waals surface area (Å²) in [6, 6.07) is 4.87. The molecule has 0 fully saturated rings. The van der Waals surface area contributed by atoms with Gasteiger partial charge in [0.05, 0.1) is 11.3 Å². The summed E-state index contributed by atoms with van der Waals surface area (Å²) < 4.78 is 68.7. The number of benzene rings is 2. The van der Waals surface area contributed by atoms with Crippen LogP contribution in [0.15, 0.2) is 36.4 Å². The molecule has 2 aromatic carbocycles. The van der Waals surface area contributed by atoms with Crippen molar-refractivity contribution < 1.29 is 26.7 Å². The second kappa shape index (κ2) is 4.99. The Kier molecular flexibility index (Phi) is 3.52. The number of hydrogen-bond donors (Lipinski definition) is 1. The number of alkyl halides is 3. The molecule has 2 aromatic rings. The van der Waals surface area contributed by atoms with E-state index in [0.717, 1.165) is 24.3 Å². The number of rotatable bonds is 2. The minimum atomic E-state index is -4.58. The first kappa shape index (κ1) is 14.1. The third kappa shape index (κ3) is 2.98. The van der Waals surface area contributed by atoms with Gasteiger partial charge in [-0.15, -0.1) is 0 Å². The Morgan fingerprint density at radius 3 is 2.20 bits per heavy atom. The molecule has 0 aliphatic carbocycles. The molecule has 2 nitrogen and oxygen atoms in total. The van der Waals surface area contributed by atoms with E-state index in [1.165, 1.54) is 0 Å². The van der Waals surface area contributed by atoms with Crippen molar-refractivity contribution in [1.82, 2.24) is 0 Å². The number of ether oxygens (including phenoxy) is 1. The zero-order valence-electron chi connectivity index (χ0n) is 9.84. The normalized spacial score (nSPS) is 11.4. The van der Waals surface area contributed by atoms with Gasteiger partial charge in [-0.05, 0) is 30.3 Å². The lowest BCUT2D eigenvalue weighted by Crippen LogP contribution is -2.06. The third-order valence-corrected chi connectivity index (χ3v) is 2.45. The second-order valence-corrected chi connectivity index (χ2v) is 3.93. The fourth-order valence-electron chi connectivity index (χ4n) is 1.48. The summed E-state index contributed by atoms with van der Waals surface area (Å²) in [5.41, 5.74) is 4.39. The largest absolute Gasteiger partial charge is 0.452 e. The van der Waals surface area contributed by atoms with Crippen LogP contribution in [0, 0.1) is 11.6 Å². The SMILES string of the molecule is Nc1ccc(C(F)(F)F)cc1Oc1ccc(F)cc1F. The molecular weight excluding hydrogens is 281 g/mol. The molecule has 0 saturated heterocycles. The summed E-state index contributed by atoms with van der Waals surface area (Å²) in [6.07, 6.45) is -4.58. The van der Waals surface area contributed by atoms with Crippen LogP contribution >= 0.6 is 0 Å². The lowest BCUT2D eigenvalue weighted by atomic mass is 10.2. The van der Waals surface area contributed by atoms with Crippen LogP contribution in [0.5, 0.6) is 11.5 Å². The third-order valence-electron chi connectivity index (χ3n) is 2.45. The maximum Gasteiger partial charge on any atom is 0.416 e. The molecule has 0 radical (unpaired) electrons. The topological polar surface area (TPSA) is 35.2 Å². The predicted octanol–water partition coefficient (Wildman–Crippen LogP) is 4.36. The summed E-state index contributed by atoms with van der Waals surface area (Å²) in [5, 5.41) is 0. The number of halogens is 5. The molecule has 2 rings (SSSR count). The quantitative estimate of drug-likeness (QED) is 0.658. The molecule has 0 aromatic heterocycles. The Bertz CT molecular complexity index is 639. The van der Waals surface area contributed by atoms with Crippen molar-refractivity contribution in [1.29, 1.82) is 0 Å². The van der Waals surface area contributed by atoms with Crippen molar-refractivity contribution >= 4 is 5.69 Å². The maximum absolute atomic E-state index is 13.4. The highest BCUT2D eigenvalue weighted by Gasteiger charge is 2.31. The van der Waals surface area contributed by atoms with Crippen molar-refractivity contribution in [2.24, 2.45) is 0 Å². The molecule has 0 amide bonds. The summed E-state index contributed by atoms with van der Waals surface area (Å²) >= 11 is 0. The van der Waals surface area contributed by atoms with Crippen LogP contribution in [0.25, 0.3) is 0 Å². The van der Waals surface area contributed by atoms with E-state index in [1.54, 1.807) is 0 Å². The van der Waals surface area contributed by atoms with Crippen molar-refractivity contribution in [3.05, 3.63) is 53.6 Å². The molecule has 0 saturated carbocycles. The number of nitrogens with two attached hydrogens (primary N) is 1. The van der Waals surface area contributed by atoms with E-state index in [-0.39, 0.29) is 11.4 Å². The van der Waals surface area contributed by atoms with Crippen LogP contribution in [0.2, 0.25) is 0 Å². The van der Waals surface area contributed by atoms with Gasteiger partial charge in [0.1, 0.15) is 5.82 Å². The van der Waals surface area contributed by atoms with E-state index < -0.39 is 29.1 Å². The fraction of sp³-hybridized carbons (Fsp3) is 0.0769. The molecule has 106 valence electrons. The van der Waals surface area contributed by atoms with Gasteiger partial charge >= 0.3 is 6.18 Å². The van der Waals surface area contributed by atoms with Crippen LogP contribution in [0.1, 0.15) is 5.56 Å². The average molecular weight is 289 g/mol. The second-order valence-electron chi connectivity index (χ2n) is 3.93. The van der Waals surface area contributed by atoms with Crippen LogP contribution in [0.3, 0.4) is 0 Å². The monoisotopic (exact) mass is 289 g/mol. The Morgan fingerprint density at radius 1 is 0.900 bits per heavy atom. The summed E-state index contributed by atoms with van der Waals surface area (Å²) in [7, 11) is 0. The molecule has 0 atom stereocenters. The van der Waals surface area contributed by atoms with Gasteiger partial charge in [-0.25, -0.2) is 8.78 Å². The molecule has 0 spiro atoms. The van der Waals surface area contributed by atoms with Gasteiger partial charge < -0.3 is 10.5 Å². The van der Waals surface area contributed by atoms with E-state index >= 15 is 0 Å². The van der Waals surface area contributed by atoms with Gasteiger partial charge in [0.15, 0.2) is 17.3 Å². The van der Waals surface area contributed by atoms with Crippen molar-refractivity contribution in [3.8, 4) is 11.5 Å². The lowest BCUT2D eigenvalue weighted by molar-refractivity contribution is -0.137. The van der Waals surface area contributed by atoms with Crippen LogP contribution in [-0.2, 0) is 6.18 Å². The summed E-state index contributed by atoms with van der Waals surface area (Å²) in [6.45, 7) is 0. The van der Waals surface area contributed by atoms with Gasteiger partial charge in [-0.3, -0.25) is 0 Å². The van der Waals surface area contributed by atoms with E-state index in [4.69, 9.17) is 10.5 Å². The first-order chi connectivity index (χ1) is 9.27. The van der Waals surface area contributed by atoms with E-state index in [9.17, 15) is 22.0 Å². The van der Waals surface area contributed by atoms with Gasteiger partial charge in [0, 0.05) is 6.07 Å². The highest BCUT2D eigenvalue weighted by molar-refractivity contribution is 5.56. The number of nitrogen functional groups attached to an aromatic ring is 1. The minimum absolute atomic E-state index is 0.0956. The average Bonchev–Trinajstić information content (AvgIpc) is 2.33. The molecule has 7 heteroatoms. The summed E-state index contributed by atoms with van der Waals surface area (Å²) in [5.74, 6) is -2.64. The highest BCUT2D eigenvalue weighted by Crippen LogP contribution is 2.36. The number of hydrogen-bond acceptors (Lipinski definition) is 2. The minimum Gasteiger partial charge on any atom is -0.452 e. The Morgan fingerprint density at radius 2 is 1.60 bits per heavy atom. The van der Waals surface area contributed by atoms with Gasteiger partial charge in [-0.1, -0.05) is 0 Å². The van der Waals surface area contributed by atoms with Gasteiger partial charge in [0.2, 0.25) is 0 Å². The smallest absolute Gasteiger partial charge is 0.416 e. The maximum atomic E-state index is 13.4. The highest BCUT2D eigenvalue weighted by atomic mass is 19.4. The van der Waals surface area contributed by atoms with Crippen LogP contribution in [0.4, 0.5) is 27.6 Å².